The molecule has 0 bridgehead atoms. The van der Waals surface area contributed by atoms with Gasteiger partial charge in [-0.2, -0.15) is 9.83 Å². The minimum atomic E-state index is -0.192. The number of hydrogen-bond donors (Lipinski definition) is 0. The predicted octanol–water partition coefficient (Wildman–Crippen LogP) is 2.08. The van der Waals surface area contributed by atoms with Gasteiger partial charge in [0.05, 0.1) is 5.57 Å². The van der Waals surface area contributed by atoms with E-state index in [4.69, 9.17) is 0 Å². The van der Waals surface area contributed by atoms with Gasteiger partial charge in [-0.05, 0) is 19.8 Å². The zero-order chi connectivity index (χ0) is 19.3. The summed E-state index contributed by atoms with van der Waals surface area (Å²) in [6.45, 7) is 2.06. The van der Waals surface area contributed by atoms with Crippen LogP contribution in [-0.2, 0) is 0 Å². The third-order valence-electron chi connectivity index (χ3n) is 5.59. The molecule has 0 saturated carbocycles. The van der Waals surface area contributed by atoms with E-state index in [9.17, 15) is 10.1 Å². The standard InChI is InChI=1S/C21H24N5O/c1-14-10-11-17-19(23(2)3)24(4)18(15-8-6-5-7-9-15)25-13-16(12-22)21(27)26(14)20(17)25/h5-9,13-14,18H,10-11H2,1-4H3/q+1. The van der Waals surface area contributed by atoms with Crippen molar-refractivity contribution in [2.45, 2.75) is 32.0 Å². The molecular weight excluding hydrogens is 338 g/mol. The Balaban J connectivity index is 2.12. The number of nitriles is 1. The minimum absolute atomic E-state index is 0.0686. The van der Waals surface area contributed by atoms with Crippen molar-refractivity contribution in [3.8, 4) is 6.07 Å². The Bertz CT molecular complexity index is 1030. The molecule has 6 nitrogen and oxygen atoms in total. The van der Waals surface area contributed by atoms with E-state index in [1.54, 1.807) is 6.20 Å². The Morgan fingerprint density at radius 3 is 2.59 bits per heavy atom. The van der Waals surface area contributed by atoms with Gasteiger partial charge in [-0.3, -0.25) is 0 Å². The number of aromatic nitrogens is 2. The van der Waals surface area contributed by atoms with Crippen LogP contribution >= 0.6 is 0 Å². The molecule has 2 atom stereocenters. The molecule has 1 aromatic heterocycles. The van der Waals surface area contributed by atoms with Crippen LogP contribution < -0.4 is 10.1 Å². The molecule has 0 radical (unpaired) electrons. The van der Waals surface area contributed by atoms with Gasteiger partial charge in [-0.25, -0.2) is 9.36 Å². The largest absolute Gasteiger partial charge is 0.364 e. The van der Waals surface area contributed by atoms with Crippen molar-refractivity contribution >= 4 is 5.57 Å². The summed E-state index contributed by atoms with van der Waals surface area (Å²) in [5.74, 6) is 2.04. The van der Waals surface area contributed by atoms with Crippen molar-refractivity contribution in [1.82, 2.24) is 14.4 Å². The lowest BCUT2D eigenvalue weighted by atomic mass is 9.95. The SMILES string of the molecule is CC1CCC2=C(N(C)C)N(C)C(c3ccccc3)[n+]3cc(C#N)c(=O)n1c32. The first kappa shape index (κ1) is 17.3. The molecule has 0 fully saturated rings. The van der Waals surface area contributed by atoms with Crippen LogP contribution in [0.2, 0.25) is 0 Å². The molecule has 138 valence electrons. The highest BCUT2D eigenvalue weighted by molar-refractivity contribution is 5.63. The first-order valence-corrected chi connectivity index (χ1v) is 9.25. The average molecular weight is 362 g/mol. The number of benzene rings is 1. The Morgan fingerprint density at radius 2 is 1.96 bits per heavy atom. The number of nitrogens with zero attached hydrogens (tertiary/aromatic N) is 5. The maximum atomic E-state index is 13.0. The summed E-state index contributed by atoms with van der Waals surface area (Å²) in [7, 11) is 6.16. The summed E-state index contributed by atoms with van der Waals surface area (Å²) in [6, 6.07) is 12.4. The summed E-state index contributed by atoms with van der Waals surface area (Å²) < 4.78 is 3.93. The number of allylic oxidation sites excluding steroid dienone is 1. The van der Waals surface area contributed by atoms with Gasteiger partial charge in [0.25, 0.3) is 5.82 Å². The summed E-state index contributed by atoms with van der Waals surface area (Å²) in [5.41, 5.74) is 2.28. The Morgan fingerprint density at radius 1 is 1.26 bits per heavy atom. The van der Waals surface area contributed by atoms with E-state index in [1.807, 2.05) is 36.9 Å². The lowest BCUT2D eigenvalue weighted by molar-refractivity contribution is -0.741. The maximum Gasteiger partial charge on any atom is 0.355 e. The fourth-order valence-electron chi connectivity index (χ4n) is 4.50. The Hall–Kier alpha value is -3.07. The second-order valence-electron chi connectivity index (χ2n) is 7.54. The van der Waals surface area contributed by atoms with Gasteiger partial charge < -0.3 is 9.80 Å². The van der Waals surface area contributed by atoms with Gasteiger partial charge >= 0.3 is 5.56 Å². The van der Waals surface area contributed by atoms with Crippen LogP contribution in [0.5, 0.6) is 0 Å². The van der Waals surface area contributed by atoms with Crippen LogP contribution in [0.1, 0.15) is 48.9 Å². The fraction of sp³-hybridized carbons (Fsp3) is 0.381. The molecule has 2 unspecified atom stereocenters. The smallest absolute Gasteiger partial charge is 0.355 e. The molecule has 0 aliphatic carbocycles. The number of rotatable bonds is 2. The van der Waals surface area contributed by atoms with Gasteiger partial charge in [0.2, 0.25) is 6.17 Å². The van der Waals surface area contributed by atoms with E-state index in [0.717, 1.165) is 35.6 Å². The van der Waals surface area contributed by atoms with E-state index in [-0.39, 0.29) is 23.3 Å². The summed E-state index contributed by atoms with van der Waals surface area (Å²) >= 11 is 0. The molecule has 0 spiro atoms. The molecule has 2 aromatic rings. The molecule has 27 heavy (non-hydrogen) atoms. The van der Waals surface area contributed by atoms with Crippen molar-refractivity contribution in [3.63, 3.8) is 0 Å². The van der Waals surface area contributed by atoms with Gasteiger partial charge in [-0.1, -0.05) is 30.3 Å². The van der Waals surface area contributed by atoms with Crippen LogP contribution in [0.25, 0.3) is 5.57 Å². The first-order valence-electron chi connectivity index (χ1n) is 9.25. The molecule has 3 heterocycles. The van der Waals surface area contributed by atoms with Crippen molar-refractivity contribution in [2.75, 3.05) is 21.1 Å². The minimum Gasteiger partial charge on any atom is -0.364 e. The van der Waals surface area contributed by atoms with Crippen LogP contribution in [0.4, 0.5) is 0 Å². The monoisotopic (exact) mass is 362 g/mol. The van der Waals surface area contributed by atoms with Crippen LogP contribution in [-0.4, -0.2) is 35.5 Å². The summed E-state index contributed by atoms with van der Waals surface area (Å²) in [6.07, 6.45) is 3.41. The highest BCUT2D eigenvalue weighted by Gasteiger charge is 2.44. The van der Waals surface area contributed by atoms with Gasteiger partial charge in [0.1, 0.15) is 24.1 Å². The van der Waals surface area contributed by atoms with Gasteiger partial charge in [-0.15, -0.1) is 0 Å². The second kappa shape index (κ2) is 6.27. The number of hydrogen-bond acceptors (Lipinski definition) is 4. The summed E-state index contributed by atoms with van der Waals surface area (Å²) in [5, 5.41) is 9.56. The van der Waals surface area contributed by atoms with E-state index < -0.39 is 0 Å². The quantitative estimate of drug-likeness (QED) is 0.768. The van der Waals surface area contributed by atoms with Gasteiger partial charge in [0, 0.05) is 26.7 Å². The molecule has 6 heteroatoms. The molecule has 0 N–H and O–H groups in total. The zero-order valence-corrected chi connectivity index (χ0v) is 16.2. The first-order chi connectivity index (χ1) is 13.0. The van der Waals surface area contributed by atoms with E-state index in [0.29, 0.717) is 0 Å². The van der Waals surface area contributed by atoms with Gasteiger partial charge in [0.15, 0.2) is 5.56 Å². The molecule has 1 aromatic carbocycles. The van der Waals surface area contributed by atoms with E-state index in [1.165, 1.54) is 0 Å². The molecular formula is C21H24N5O+. The Kier molecular flexibility index (Phi) is 4.03. The summed E-state index contributed by atoms with van der Waals surface area (Å²) in [4.78, 5) is 17.3. The van der Waals surface area contributed by atoms with Crippen molar-refractivity contribution in [3.05, 3.63) is 69.7 Å². The van der Waals surface area contributed by atoms with E-state index >= 15 is 0 Å². The van der Waals surface area contributed by atoms with E-state index in [2.05, 4.69) is 46.5 Å². The van der Waals surface area contributed by atoms with Crippen LogP contribution in [0.15, 0.2) is 47.1 Å². The molecule has 0 amide bonds. The topological polar surface area (TPSA) is 56.1 Å². The predicted molar refractivity (Wildman–Crippen MR) is 103 cm³/mol. The lowest BCUT2D eigenvalue weighted by Crippen LogP contribution is -2.60. The van der Waals surface area contributed by atoms with Crippen molar-refractivity contribution in [1.29, 1.82) is 5.26 Å². The highest BCUT2D eigenvalue weighted by Crippen LogP contribution is 2.38. The van der Waals surface area contributed by atoms with Crippen LogP contribution in [0, 0.1) is 11.3 Å². The highest BCUT2D eigenvalue weighted by atomic mass is 16.1. The van der Waals surface area contributed by atoms with Crippen molar-refractivity contribution < 1.29 is 4.57 Å². The lowest BCUT2D eigenvalue weighted by Gasteiger charge is -2.41. The van der Waals surface area contributed by atoms with Crippen molar-refractivity contribution in [2.24, 2.45) is 0 Å². The van der Waals surface area contributed by atoms with Crippen LogP contribution in [0.3, 0.4) is 0 Å². The maximum absolute atomic E-state index is 13.0. The third-order valence-corrected chi connectivity index (χ3v) is 5.59. The average Bonchev–Trinajstić information content (AvgIpc) is 2.65. The Labute approximate surface area is 159 Å². The molecule has 4 rings (SSSR count). The molecule has 2 aliphatic heterocycles. The normalized spacial score (nSPS) is 20.9. The molecule has 0 saturated heterocycles. The second-order valence-corrected chi connectivity index (χ2v) is 7.54. The third kappa shape index (κ3) is 2.46. The zero-order valence-electron chi connectivity index (χ0n) is 16.2. The molecule has 2 aliphatic rings. The fourth-order valence-corrected chi connectivity index (χ4v) is 4.50.